The molecule has 0 aliphatic carbocycles. The zero-order chi connectivity index (χ0) is 22.7. The second-order valence-electron chi connectivity index (χ2n) is 9.48. The number of benzene rings is 1. The molecule has 5 heterocycles. The Morgan fingerprint density at radius 3 is 2.76 bits per heavy atom. The van der Waals surface area contributed by atoms with Crippen molar-refractivity contribution in [2.75, 3.05) is 24.6 Å². The molecule has 9 nitrogen and oxygen atoms in total. The normalized spacial score (nSPS) is 22.7. The number of rotatable bonds is 3. The lowest BCUT2D eigenvalue weighted by Crippen LogP contribution is -2.51. The Balaban J connectivity index is 1.34. The summed E-state index contributed by atoms with van der Waals surface area (Å²) in [7, 11) is 2.03. The minimum Gasteiger partial charge on any atom is -0.390 e. The van der Waals surface area contributed by atoms with E-state index in [0.717, 1.165) is 49.6 Å². The van der Waals surface area contributed by atoms with Gasteiger partial charge in [-0.3, -0.25) is 0 Å². The van der Waals surface area contributed by atoms with Crippen molar-refractivity contribution >= 4 is 27.9 Å². The Labute approximate surface area is 191 Å². The molecule has 0 unspecified atom stereocenters. The Kier molecular flexibility index (Phi) is 4.69. The maximum absolute atomic E-state index is 10.1. The third-order valence-corrected chi connectivity index (χ3v) is 7.62. The average molecular weight is 448 g/mol. The van der Waals surface area contributed by atoms with E-state index >= 15 is 0 Å². The molecule has 2 fully saturated rings. The van der Waals surface area contributed by atoms with Crippen molar-refractivity contribution in [3.05, 3.63) is 42.4 Å². The van der Waals surface area contributed by atoms with Gasteiger partial charge in [-0.2, -0.15) is 5.10 Å². The van der Waals surface area contributed by atoms with Crippen molar-refractivity contribution in [1.29, 1.82) is 0 Å². The van der Waals surface area contributed by atoms with Crippen molar-refractivity contribution in [3.8, 4) is 5.69 Å². The Morgan fingerprint density at radius 2 is 2.03 bits per heavy atom. The number of aliphatic hydroxyl groups excluding tert-OH is 1. The lowest BCUT2D eigenvalue weighted by atomic mass is 9.73. The van der Waals surface area contributed by atoms with Gasteiger partial charge in [0.25, 0.3) is 0 Å². The largest absolute Gasteiger partial charge is 0.390 e. The molecular weight excluding hydrogens is 418 g/mol. The molecule has 0 bridgehead atoms. The van der Waals surface area contributed by atoms with Gasteiger partial charge in [0.2, 0.25) is 0 Å². The number of ether oxygens (including phenoxy) is 1. The van der Waals surface area contributed by atoms with Crippen molar-refractivity contribution in [2.45, 2.75) is 38.5 Å². The monoisotopic (exact) mass is 447 g/mol. The van der Waals surface area contributed by atoms with E-state index in [2.05, 4.69) is 39.7 Å². The first kappa shape index (κ1) is 20.6. The number of aliphatic hydroxyl groups is 1. The van der Waals surface area contributed by atoms with Crippen molar-refractivity contribution in [2.24, 2.45) is 18.2 Å². The highest BCUT2D eigenvalue weighted by Gasteiger charge is 2.47. The number of hydrogen-bond acceptors (Lipinski definition) is 7. The third kappa shape index (κ3) is 3.14. The molecule has 1 aromatic carbocycles. The van der Waals surface area contributed by atoms with E-state index in [1.54, 1.807) is 10.9 Å². The maximum Gasteiger partial charge on any atom is 0.182 e. The van der Waals surface area contributed by atoms with Crippen LogP contribution >= 0.6 is 0 Å². The van der Waals surface area contributed by atoms with Crippen molar-refractivity contribution < 1.29 is 9.84 Å². The molecule has 2 aliphatic heterocycles. The molecule has 172 valence electrons. The van der Waals surface area contributed by atoms with Gasteiger partial charge in [-0.05, 0) is 43.4 Å². The summed E-state index contributed by atoms with van der Waals surface area (Å²) in [6, 6.07) is 8.35. The number of nitrogens with two attached hydrogens (primary N) is 1. The zero-order valence-corrected chi connectivity index (χ0v) is 19.0. The van der Waals surface area contributed by atoms with E-state index < -0.39 is 0 Å². The molecule has 3 N–H and O–H groups in total. The predicted octanol–water partition coefficient (Wildman–Crippen LogP) is 2.13. The van der Waals surface area contributed by atoms with Gasteiger partial charge in [0.1, 0.15) is 11.2 Å². The van der Waals surface area contributed by atoms with Gasteiger partial charge in [0.05, 0.1) is 31.2 Å². The van der Waals surface area contributed by atoms with Crippen LogP contribution in [-0.4, -0.2) is 61.3 Å². The molecule has 0 amide bonds. The van der Waals surface area contributed by atoms with Crippen LogP contribution in [0.5, 0.6) is 0 Å². The van der Waals surface area contributed by atoms with Crippen LogP contribution in [0, 0.1) is 5.41 Å². The van der Waals surface area contributed by atoms with E-state index in [1.165, 1.54) is 5.39 Å². The smallest absolute Gasteiger partial charge is 0.182 e. The van der Waals surface area contributed by atoms with Crippen LogP contribution in [0.1, 0.15) is 25.5 Å². The molecule has 4 aromatic rings. The number of anilines is 1. The number of nitrogens with zero attached hydrogens (tertiary/aromatic N) is 6. The summed E-state index contributed by atoms with van der Waals surface area (Å²) in [5, 5.41) is 15.9. The Hall–Kier alpha value is -3.01. The van der Waals surface area contributed by atoms with E-state index in [0.29, 0.717) is 16.9 Å². The third-order valence-electron chi connectivity index (χ3n) is 7.62. The first-order valence-corrected chi connectivity index (χ1v) is 11.5. The lowest BCUT2D eigenvalue weighted by molar-refractivity contribution is 0.0973. The zero-order valence-electron chi connectivity index (χ0n) is 19.0. The summed E-state index contributed by atoms with van der Waals surface area (Å²) in [6.45, 7) is 4.23. The fourth-order valence-electron chi connectivity index (χ4n) is 5.44. The molecule has 9 heteroatoms. The van der Waals surface area contributed by atoms with E-state index in [9.17, 15) is 5.11 Å². The molecule has 33 heavy (non-hydrogen) atoms. The molecule has 3 aromatic heterocycles. The molecular formula is C24H29N7O2. The number of aromatic nitrogens is 5. The van der Waals surface area contributed by atoms with Crippen LogP contribution in [0.2, 0.25) is 0 Å². The standard InChI is InChI=1S/C24H29N7O2/c1-15-21(25)24(14-33-15)6-9-30(10-7-24)22-19(13-32)28-23-18(27-22)12-26-31(23)17-4-3-16-5-8-29(2)20(16)11-17/h3-5,8,11-12,15,21,32H,6-7,9-10,13-14,25H2,1-2H3/t15-,21+/m0/s1. The van der Waals surface area contributed by atoms with Crippen LogP contribution in [-0.2, 0) is 18.4 Å². The van der Waals surface area contributed by atoms with Crippen molar-refractivity contribution in [1.82, 2.24) is 24.3 Å². The Morgan fingerprint density at radius 1 is 1.21 bits per heavy atom. The van der Waals surface area contributed by atoms with E-state index in [1.807, 2.05) is 19.3 Å². The van der Waals surface area contributed by atoms with Gasteiger partial charge in [0.15, 0.2) is 11.5 Å². The van der Waals surface area contributed by atoms with Crippen LogP contribution in [0.15, 0.2) is 36.7 Å². The summed E-state index contributed by atoms with van der Waals surface area (Å²) < 4.78 is 9.72. The minimum atomic E-state index is -0.179. The van der Waals surface area contributed by atoms with Crippen LogP contribution in [0.25, 0.3) is 27.8 Å². The van der Waals surface area contributed by atoms with Gasteiger partial charge in [0, 0.05) is 43.3 Å². The highest BCUT2D eigenvalue weighted by Crippen LogP contribution is 2.42. The second-order valence-corrected chi connectivity index (χ2v) is 9.48. The molecule has 6 rings (SSSR count). The van der Waals surface area contributed by atoms with Gasteiger partial charge in [-0.25, -0.2) is 14.6 Å². The first-order chi connectivity index (χ1) is 16.0. The number of hydrogen-bond donors (Lipinski definition) is 2. The summed E-state index contributed by atoms with van der Waals surface area (Å²) in [4.78, 5) is 11.9. The molecule has 2 aliphatic rings. The Bertz CT molecular complexity index is 1340. The van der Waals surface area contributed by atoms with Gasteiger partial charge < -0.3 is 25.0 Å². The molecule has 1 spiro atoms. The maximum atomic E-state index is 10.1. The lowest BCUT2D eigenvalue weighted by Gasteiger charge is -2.41. The van der Waals surface area contributed by atoms with E-state index in [4.69, 9.17) is 20.4 Å². The molecule has 2 atom stereocenters. The molecule has 0 radical (unpaired) electrons. The summed E-state index contributed by atoms with van der Waals surface area (Å²) in [6.07, 6.45) is 5.77. The summed E-state index contributed by atoms with van der Waals surface area (Å²) in [5.74, 6) is 0.734. The number of piperidine rings is 1. The topological polar surface area (TPSA) is 107 Å². The summed E-state index contributed by atoms with van der Waals surface area (Å²) in [5.41, 5.74) is 10.5. The van der Waals surface area contributed by atoms with Crippen LogP contribution in [0.4, 0.5) is 5.82 Å². The fourth-order valence-corrected chi connectivity index (χ4v) is 5.44. The highest BCUT2D eigenvalue weighted by molar-refractivity contribution is 5.83. The highest BCUT2D eigenvalue weighted by atomic mass is 16.5. The average Bonchev–Trinajstić information content (AvgIpc) is 3.51. The van der Waals surface area contributed by atoms with Crippen LogP contribution < -0.4 is 10.6 Å². The van der Waals surface area contributed by atoms with Crippen molar-refractivity contribution in [3.63, 3.8) is 0 Å². The molecule has 2 saturated heterocycles. The first-order valence-electron chi connectivity index (χ1n) is 11.5. The van der Waals surface area contributed by atoms with Gasteiger partial charge in [-0.1, -0.05) is 6.07 Å². The minimum absolute atomic E-state index is 0.0350. The second kappa shape index (κ2) is 7.51. The SMILES string of the molecule is C[C@@H]1OCC2(CCN(c3nc4cnn(-c5ccc6ccn(C)c6c5)c4nc3CO)CC2)[C@@H]1N. The number of aryl methyl sites for hydroxylation is 1. The van der Waals surface area contributed by atoms with Gasteiger partial charge >= 0.3 is 0 Å². The fraction of sp³-hybridized carbons (Fsp3) is 0.458. The summed E-state index contributed by atoms with van der Waals surface area (Å²) >= 11 is 0. The van der Waals surface area contributed by atoms with Gasteiger partial charge in [-0.15, -0.1) is 0 Å². The molecule has 0 saturated carbocycles. The number of fused-ring (bicyclic) bond motifs is 2. The predicted molar refractivity (Wildman–Crippen MR) is 126 cm³/mol. The van der Waals surface area contributed by atoms with Crippen LogP contribution in [0.3, 0.4) is 0 Å². The quantitative estimate of drug-likeness (QED) is 0.495. The van der Waals surface area contributed by atoms with E-state index in [-0.39, 0.29) is 24.2 Å².